The summed E-state index contributed by atoms with van der Waals surface area (Å²) in [5.41, 5.74) is 0. The molecule has 0 heterocycles. The van der Waals surface area contributed by atoms with Gasteiger partial charge in [0.05, 0.1) is 0 Å². The molecule has 0 saturated heterocycles. The molecule has 0 spiro atoms. The van der Waals surface area contributed by atoms with E-state index >= 15 is 0 Å². The van der Waals surface area contributed by atoms with Crippen LogP contribution in [0.2, 0.25) is 0 Å². The van der Waals surface area contributed by atoms with Gasteiger partial charge in [0.2, 0.25) is 0 Å². The molecule has 0 aliphatic rings. The van der Waals surface area contributed by atoms with E-state index in [-0.39, 0.29) is 6.62 Å². The molecule has 0 aliphatic heterocycles. The minimum Gasteiger partial charge on any atom is -0.0654 e. The normalized spacial score (nSPS) is 12.6. The van der Waals surface area contributed by atoms with Gasteiger partial charge in [-0.05, 0) is 31.8 Å². The number of hydrogen-bond acceptors (Lipinski definition) is 0. The first kappa shape index (κ1) is 24.9. The quantitative estimate of drug-likeness (QED) is 0.135. The molecule has 0 fully saturated rings. The highest BCUT2D eigenvalue weighted by molar-refractivity contribution is 9.39. The molecule has 146 valence electrons. The maximum atomic E-state index is 3.89. The number of hydrogen-bond donors (Lipinski definition) is 0. The minimum atomic E-state index is 0.183. The van der Waals surface area contributed by atoms with Gasteiger partial charge >= 0.3 is 0 Å². The fourth-order valence-electron chi connectivity index (χ4n) is 3.27. The van der Waals surface area contributed by atoms with Gasteiger partial charge in [-0.1, -0.05) is 132 Å². The SMILES string of the molecule is CCCCCCCCCCCCCCCCCCP(Br)CCCC. The predicted octanol–water partition coefficient (Wildman–Crippen LogP) is 9.84. The Labute approximate surface area is 163 Å². The Balaban J connectivity index is 3.02. The molecule has 1 unspecified atom stereocenters. The number of unbranched alkanes of at least 4 members (excludes halogenated alkanes) is 16. The molecular formula is C22H46BrP. The van der Waals surface area contributed by atoms with Gasteiger partial charge < -0.3 is 0 Å². The third kappa shape index (κ3) is 21.0. The molecule has 0 aromatic heterocycles. The summed E-state index contributed by atoms with van der Waals surface area (Å²) in [5.74, 6) is 0. The summed E-state index contributed by atoms with van der Waals surface area (Å²) >= 11 is 3.89. The summed E-state index contributed by atoms with van der Waals surface area (Å²) in [7, 11) is 0. The van der Waals surface area contributed by atoms with Crippen LogP contribution < -0.4 is 0 Å². The van der Waals surface area contributed by atoms with E-state index in [1.807, 2.05) is 0 Å². The van der Waals surface area contributed by atoms with Gasteiger partial charge in [-0.15, -0.1) is 0 Å². The predicted molar refractivity (Wildman–Crippen MR) is 120 cm³/mol. The van der Waals surface area contributed by atoms with Crippen LogP contribution in [0.25, 0.3) is 0 Å². The Bertz CT molecular complexity index is 220. The largest absolute Gasteiger partial charge is 0.0654 e. The third-order valence-electron chi connectivity index (χ3n) is 5.01. The van der Waals surface area contributed by atoms with Crippen molar-refractivity contribution in [2.24, 2.45) is 0 Å². The summed E-state index contributed by atoms with van der Waals surface area (Å²) in [5, 5.41) is 0. The average molecular weight is 421 g/mol. The highest BCUT2D eigenvalue weighted by Crippen LogP contribution is 2.45. The molecule has 24 heavy (non-hydrogen) atoms. The van der Waals surface area contributed by atoms with Crippen LogP contribution in [0.3, 0.4) is 0 Å². The first-order chi connectivity index (χ1) is 11.8. The number of halogens is 1. The summed E-state index contributed by atoms with van der Waals surface area (Å²) in [6.07, 6.45) is 29.2. The molecule has 0 nitrogen and oxygen atoms in total. The standard InChI is InChI=1S/C22H46BrP/c1-3-5-7-8-9-10-11-12-13-14-15-16-17-18-19-20-22-24(23)21-6-4-2/h3-22H2,1-2H3. The first-order valence-electron chi connectivity index (χ1n) is 11.2. The van der Waals surface area contributed by atoms with Crippen molar-refractivity contribution in [1.82, 2.24) is 0 Å². The van der Waals surface area contributed by atoms with Crippen LogP contribution in [0.5, 0.6) is 0 Å². The Morgan fingerprint density at radius 2 is 0.708 bits per heavy atom. The fourth-order valence-corrected chi connectivity index (χ4v) is 6.23. The zero-order chi connectivity index (χ0) is 17.7. The van der Waals surface area contributed by atoms with Crippen molar-refractivity contribution in [3.63, 3.8) is 0 Å². The van der Waals surface area contributed by atoms with Gasteiger partial charge in [-0.3, -0.25) is 0 Å². The summed E-state index contributed by atoms with van der Waals surface area (Å²) in [6.45, 7) is 4.78. The van der Waals surface area contributed by atoms with Crippen molar-refractivity contribution in [3.8, 4) is 0 Å². The second-order valence-corrected chi connectivity index (χ2v) is 12.4. The van der Waals surface area contributed by atoms with E-state index in [2.05, 4.69) is 29.3 Å². The molecule has 1 atom stereocenters. The minimum absolute atomic E-state index is 0.183. The summed E-state index contributed by atoms with van der Waals surface area (Å²) in [6, 6.07) is 0. The van der Waals surface area contributed by atoms with Crippen LogP contribution in [0, 0.1) is 0 Å². The maximum Gasteiger partial charge on any atom is -0.0227 e. The van der Waals surface area contributed by atoms with Crippen molar-refractivity contribution in [3.05, 3.63) is 0 Å². The Hall–Kier alpha value is 0.910. The van der Waals surface area contributed by atoms with Gasteiger partial charge in [-0.2, -0.15) is 0 Å². The smallest absolute Gasteiger partial charge is 0.0227 e. The fraction of sp³-hybridized carbons (Fsp3) is 1.00. The molecule has 0 saturated carbocycles. The molecule has 0 aromatic carbocycles. The van der Waals surface area contributed by atoms with Crippen LogP contribution in [0.15, 0.2) is 0 Å². The highest BCUT2D eigenvalue weighted by atomic mass is 79.9. The second kappa shape index (κ2) is 22.0. The molecule has 0 N–H and O–H groups in total. The Morgan fingerprint density at radius 1 is 0.417 bits per heavy atom. The van der Waals surface area contributed by atoms with E-state index < -0.39 is 0 Å². The zero-order valence-electron chi connectivity index (χ0n) is 17.0. The van der Waals surface area contributed by atoms with Crippen LogP contribution in [-0.4, -0.2) is 12.3 Å². The molecule has 0 bridgehead atoms. The lowest BCUT2D eigenvalue weighted by Gasteiger charge is -2.08. The Kier molecular flexibility index (Phi) is 22.8. The lowest BCUT2D eigenvalue weighted by Crippen LogP contribution is -1.87. The molecule has 0 aromatic rings. The summed E-state index contributed by atoms with van der Waals surface area (Å²) < 4.78 is 0. The molecule has 0 aliphatic carbocycles. The molecule has 0 amide bonds. The van der Waals surface area contributed by atoms with E-state index in [1.165, 1.54) is 128 Å². The van der Waals surface area contributed by atoms with E-state index in [1.54, 1.807) is 0 Å². The number of rotatable bonds is 20. The van der Waals surface area contributed by atoms with Gasteiger partial charge in [0, 0.05) is 0 Å². The topological polar surface area (TPSA) is 0 Å². The van der Waals surface area contributed by atoms with Gasteiger partial charge in [0.1, 0.15) is 0 Å². The van der Waals surface area contributed by atoms with Gasteiger partial charge in [0.25, 0.3) is 0 Å². The third-order valence-corrected chi connectivity index (χ3v) is 8.74. The zero-order valence-corrected chi connectivity index (χ0v) is 19.4. The molecule has 0 radical (unpaired) electrons. The highest BCUT2D eigenvalue weighted by Gasteiger charge is 2.02. The molecule has 0 rings (SSSR count). The van der Waals surface area contributed by atoms with E-state index in [0.717, 1.165) is 0 Å². The van der Waals surface area contributed by atoms with Crippen LogP contribution in [0.4, 0.5) is 0 Å². The Morgan fingerprint density at radius 3 is 1.08 bits per heavy atom. The summed E-state index contributed by atoms with van der Waals surface area (Å²) in [4.78, 5) is 0. The molecule has 2 heteroatoms. The van der Waals surface area contributed by atoms with Crippen molar-refractivity contribution in [2.75, 3.05) is 12.3 Å². The average Bonchev–Trinajstić information content (AvgIpc) is 2.59. The van der Waals surface area contributed by atoms with Crippen molar-refractivity contribution in [1.29, 1.82) is 0 Å². The van der Waals surface area contributed by atoms with E-state index in [0.29, 0.717) is 0 Å². The van der Waals surface area contributed by atoms with Crippen molar-refractivity contribution in [2.45, 2.75) is 129 Å². The van der Waals surface area contributed by atoms with Crippen LogP contribution in [0.1, 0.15) is 129 Å². The van der Waals surface area contributed by atoms with Crippen molar-refractivity contribution >= 4 is 22.1 Å². The second-order valence-electron chi connectivity index (χ2n) is 7.57. The lowest BCUT2D eigenvalue weighted by atomic mass is 10.0. The maximum absolute atomic E-state index is 3.89. The lowest BCUT2D eigenvalue weighted by molar-refractivity contribution is 0.531. The van der Waals surface area contributed by atoms with Gasteiger partial charge in [0.15, 0.2) is 0 Å². The van der Waals surface area contributed by atoms with E-state index in [9.17, 15) is 0 Å². The van der Waals surface area contributed by atoms with Crippen molar-refractivity contribution < 1.29 is 0 Å². The van der Waals surface area contributed by atoms with Crippen LogP contribution in [-0.2, 0) is 0 Å². The monoisotopic (exact) mass is 420 g/mol. The van der Waals surface area contributed by atoms with Crippen LogP contribution >= 0.6 is 22.1 Å². The molecular weight excluding hydrogens is 375 g/mol. The van der Waals surface area contributed by atoms with E-state index in [4.69, 9.17) is 0 Å². The first-order valence-corrected chi connectivity index (χ1v) is 14.9. The van der Waals surface area contributed by atoms with Gasteiger partial charge in [-0.25, -0.2) is 0 Å².